The lowest BCUT2D eigenvalue weighted by atomic mass is 9.87. The number of phenolic OH excluding ortho intramolecular Hbond substituents is 1. The van der Waals surface area contributed by atoms with Crippen LogP contribution in [0, 0.1) is 6.92 Å². The summed E-state index contributed by atoms with van der Waals surface area (Å²) in [4.78, 5) is 7.74. The van der Waals surface area contributed by atoms with Crippen molar-refractivity contribution in [2.24, 2.45) is 4.99 Å². The highest BCUT2D eigenvalue weighted by atomic mass is 16.3. The highest BCUT2D eigenvalue weighted by molar-refractivity contribution is 6.03. The maximum absolute atomic E-state index is 10.4. The molecule has 0 radical (unpaired) electrons. The maximum Gasteiger partial charge on any atom is 0.124 e. The first kappa shape index (κ1) is 19.2. The molecular weight excluding hydrogens is 346 g/mol. The van der Waals surface area contributed by atoms with Crippen LogP contribution < -0.4 is 5.32 Å². The number of hydrogen-bond donors (Lipinski definition) is 2. The number of hydrogen-bond acceptors (Lipinski definition) is 4. The molecule has 2 N–H and O–H groups in total. The van der Waals surface area contributed by atoms with E-state index in [1.54, 1.807) is 6.07 Å². The number of piperidine rings is 1. The zero-order valence-electron chi connectivity index (χ0n) is 17.2. The van der Waals surface area contributed by atoms with Crippen LogP contribution in [0.3, 0.4) is 0 Å². The van der Waals surface area contributed by atoms with Gasteiger partial charge >= 0.3 is 0 Å². The third-order valence-corrected chi connectivity index (χ3v) is 6.24. The first-order valence-corrected chi connectivity index (χ1v) is 10.4. The van der Waals surface area contributed by atoms with Gasteiger partial charge < -0.3 is 10.0 Å². The number of nitrogens with zero attached hydrogens (tertiary/aromatic N) is 2. The summed E-state index contributed by atoms with van der Waals surface area (Å²) in [6, 6.07) is 17.2. The van der Waals surface area contributed by atoms with Gasteiger partial charge in [0.2, 0.25) is 0 Å². The highest BCUT2D eigenvalue weighted by Gasteiger charge is 2.40. The number of aromatic hydroxyl groups is 1. The molecule has 0 unspecified atom stereocenters. The summed E-state index contributed by atoms with van der Waals surface area (Å²) < 4.78 is 0. The summed E-state index contributed by atoms with van der Waals surface area (Å²) in [5.74, 6) is 0.320. The summed E-state index contributed by atoms with van der Waals surface area (Å²) >= 11 is 0. The average molecular weight is 378 g/mol. The second-order valence-corrected chi connectivity index (χ2v) is 8.55. The fourth-order valence-corrected chi connectivity index (χ4v) is 4.46. The second-order valence-electron chi connectivity index (χ2n) is 8.55. The molecule has 1 fully saturated rings. The van der Waals surface area contributed by atoms with E-state index in [1.807, 2.05) is 18.2 Å². The van der Waals surface area contributed by atoms with Gasteiger partial charge in [0, 0.05) is 42.9 Å². The quantitative estimate of drug-likeness (QED) is 0.832. The van der Waals surface area contributed by atoms with Gasteiger partial charge in [-0.25, -0.2) is 0 Å². The molecule has 2 aromatic carbocycles. The Morgan fingerprint density at radius 3 is 2.39 bits per heavy atom. The smallest absolute Gasteiger partial charge is 0.124 e. The summed E-state index contributed by atoms with van der Waals surface area (Å²) in [5.41, 5.74) is 4.19. The predicted octanol–water partition coefficient (Wildman–Crippen LogP) is 4.42. The SMILES string of the molecule is Cc1ccc([C@@H]2CC(c3ccccc3O)=NC3(CCN(C(C)C)CC3)N2)cc1. The molecule has 0 aliphatic carbocycles. The molecule has 28 heavy (non-hydrogen) atoms. The molecule has 0 aromatic heterocycles. The second kappa shape index (κ2) is 7.69. The molecule has 2 heterocycles. The lowest BCUT2D eigenvalue weighted by Crippen LogP contribution is -2.56. The van der Waals surface area contributed by atoms with Crippen molar-refractivity contribution in [1.29, 1.82) is 0 Å². The van der Waals surface area contributed by atoms with Gasteiger partial charge in [0.1, 0.15) is 11.4 Å². The van der Waals surface area contributed by atoms with Crippen LogP contribution in [0.5, 0.6) is 5.75 Å². The molecule has 2 aliphatic rings. The Morgan fingerprint density at radius 1 is 1.07 bits per heavy atom. The molecule has 1 spiro atoms. The minimum atomic E-state index is -0.253. The molecule has 0 amide bonds. The van der Waals surface area contributed by atoms with Crippen LogP contribution in [0.1, 0.15) is 55.8 Å². The molecule has 1 atom stereocenters. The van der Waals surface area contributed by atoms with Crippen LogP contribution in [0.2, 0.25) is 0 Å². The van der Waals surface area contributed by atoms with E-state index in [-0.39, 0.29) is 11.7 Å². The summed E-state index contributed by atoms with van der Waals surface area (Å²) in [7, 11) is 0. The molecule has 4 heteroatoms. The number of aliphatic imine (C=N–C) groups is 1. The third-order valence-electron chi connectivity index (χ3n) is 6.24. The zero-order valence-corrected chi connectivity index (χ0v) is 17.2. The van der Waals surface area contributed by atoms with E-state index < -0.39 is 0 Å². The van der Waals surface area contributed by atoms with Gasteiger partial charge in [0.15, 0.2) is 0 Å². The van der Waals surface area contributed by atoms with E-state index in [2.05, 4.69) is 55.3 Å². The monoisotopic (exact) mass is 377 g/mol. The van der Waals surface area contributed by atoms with E-state index in [4.69, 9.17) is 4.99 Å². The first-order chi connectivity index (χ1) is 13.5. The van der Waals surface area contributed by atoms with E-state index in [1.165, 1.54) is 11.1 Å². The Bertz CT molecular complexity index is 848. The van der Waals surface area contributed by atoms with Crippen molar-refractivity contribution in [1.82, 2.24) is 10.2 Å². The minimum absolute atomic E-state index is 0.207. The minimum Gasteiger partial charge on any atom is -0.507 e. The van der Waals surface area contributed by atoms with E-state index in [0.717, 1.165) is 43.6 Å². The Kier molecular flexibility index (Phi) is 5.26. The van der Waals surface area contributed by atoms with Gasteiger partial charge in [-0.2, -0.15) is 0 Å². The van der Waals surface area contributed by atoms with E-state index in [0.29, 0.717) is 11.8 Å². The normalized spacial score (nSPS) is 22.4. The number of benzene rings is 2. The summed E-state index contributed by atoms with van der Waals surface area (Å²) in [6.07, 6.45) is 2.77. The van der Waals surface area contributed by atoms with E-state index in [9.17, 15) is 5.11 Å². The van der Waals surface area contributed by atoms with Crippen molar-refractivity contribution < 1.29 is 5.11 Å². The van der Waals surface area contributed by atoms with Gasteiger partial charge in [-0.15, -0.1) is 0 Å². The topological polar surface area (TPSA) is 47.9 Å². The average Bonchev–Trinajstić information content (AvgIpc) is 2.69. The summed E-state index contributed by atoms with van der Waals surface area (Å²) in [6.45, 7) is 8.73. The zero-order chi connectivity index (χ0) is 19.7. The number of rotatable bonds is 3. The van der Waals surface area contributed by atoms with Crippen molar-refractivity contribution in [2.45, 2.75) is 57.8 Å². The first-order valence-electron chi connectivity index (χ1n) is 10.4. The largest absolute Gasteiger partial charge is 0.507 e. The molecular formula is C24H31N3O. The number of phenols is 1. The van der Waals surface area contributed by atoms with Gasteiger partial charge in [0.25, 0.3) is 0 Å². The van der Waals surface area contributed by atoms with Crippen molar-refractivity contribution in [3.63, 3.8) is 0 Å². The molecule has 0 saturated carbocycles. The predicted molar refractivity (Wildman–Crippen MR) is 115 cm³/mol. The maximum atomic E-state index is 10.4. The van der Waals surface area contributed by atoms with Gasteiger partial charge in [-0.1, -0.05) is 42.0 Å². The molecule has 148 valence electrons. The Hall–Kier alpha value is -2.17. The number of nitrogens with one attached hydrogen (secondary N) is 1. The van der Waals surface area contributed by atoms with Crippen molar-refractivity contribution in [2.75, 3.05) is 13.1 Å². The Morgan fingerprint density at radius 2 is 1.75 bits per heavy atom. The molecule has 0 bridgehead atoms. The molecule has 2 aromatic rings. The summed E-state index contributed by atoms with van der Waals surface area (Å²) in [5, 5.41) is 14.3. The van der Waals surface area contributed by atoms with Gasteiger partial charge in [-0.3, -0.25) is 10.3 Å². The third kappa shape index (κ3) is 3.85. The number of para-hydroxylation sites is 1. The van der Waals surface area contributed by atoms with Crippen molar-refractivity contribution >= 4 is 5.71 Å². The number of likely N-dealkylation sites (tertiary alicyclic amines) is 1. The molecule has 2 aliphatic heterocycles. The fraction of sp³-hybridized carbons (Fsp3) is 0.458. The van der Waals surface area contributed by atoms with Gasteiger partial charge in [0.05, 0.1) is 0 Å². The molecule has 4 rings (SSSR count). The van der Waals surface area contributed by atoms with E-state index >= 15 is 0 Å². The number of aryl methyl sites for hydroxylation is 1. The lowest BCUT2D eigenvalue weighted by Gasteiger charge is -2.46. The Labute approximate surface area is 168 Å². The lowest BCUT2D eigenvalue weighted by molar-refractivity contribution is 0.103. The molecule has 4 nitrogen and oxygen atoms in total. The standard InChI is InChI=1S/C24H31N3O/c1-17(2)27-14-12-24(13-15-27)25-21(19-10-8-18(3)9-11-19)16-22(26-24)20-6-4-5-7-23(20)28/h4-11,17,21,25,28H,12-16H2,1-3H3/t21-/m0/s1. The van der Waals surface area contributed by atoms with Crippen LogP contribution in [0.25, 0.3) is 0 Å². The Balaban J connectivity index is 1.69. The fourth-order valence-electron chi connectivity index (χ4n) is 4.46. The van der Waals surface area contributed by atoms with Crippen LogP contribution >= 0.6 is 0 Å². The van der Waals surface area contributed by atoms with Crippen LogP contribution in [0.4, 0.5) is 0 Å². The molecule has 1 saturated heterocycles. The van der Waals surface area contributed by atoms with Gasteiger partial charge in [-0.05, 0) is 51.3 Å². The van der Waals surface area contributed by atoms with Crippen LogP contribution in [-0.4, -0.2) is 40.5 Å². The van der Waals surface area contributed by atoms with Crippen LogP contribution in [-0.2, 0) is 0 Å². The van der Waals surface area contributed by atoms with Crippen LogP contribution in [0.15, 0.2) is 53.5 Å². The van der Waals surface area contributed by atoms with Crippen molar-refractivity contribution in [3.05, 3.63) is 65.2 Å². The van der Waals surface area contributed by atoms with Crippen molar-refractivity contribution in [3.8, 4) is 5.75 Å². The highest BCUT2D eigenvalue weighted by Crippen LogP contribution is 2.36.